The molecule has 5 heteroatoms. The third-order valence-corrected chi connectivity index (χ3v) is 7.24. The quantitative estimate of drug-likeness (QED) is 0.835. The Bertz CT molecular complexity index is 583. The molecule has 2 atom stereocenters. The molecule has 2 fully saturated rings. The molecule has 2 aliphatic rings. The molecular formula is C13H17NO2S2. The lowest BCUT2D eigenvalue weighted by atomic mass is 10.2. The normalized spacial score (nSPS) is 27.9. The van der Waals surface area contributed by atoms with E-state index in [-0.39, 0.29) is 6.04 Å². The average molecular weight is 283 g/mol. The van der Waals surface area contributed by atoms with Crippen LogP contribution >= 0.6 is 11.8 Å². The Kier molecular flexibility index (Phi) is 2.95. The zero-order valence-corrected chi connectivity index (χ0v) is 12.2. The van der Waals surface area contributed by atoms with Crippen molar-refractivity contribution in [2.45, 2.75) is 36.5 Å². The standard InChI is InChI=1S/C13H17NO2S2/c1-9-3-4-13(10(2)5-9)18(15,16)14-7-12-6-11(14)8-17-12/h3-5,11-12H,6-8H2,1-2H3/t11-,12+/m0/s1. The van der Waals surface area contributed by atoms with Crippen LogP contribution < -0.4 is 0 Å². The molecule has 2 bridgehead atoms. The van der Waals surface area contributed by atoms with E-state index in [1.807, 2.05) is 37.7 Å². The molecule has 0 saturated carbocycles. The van der Waals surface area contributed by atoms with Crippen molar-refractivity contribution in [1.82, 2.24) is 4.31 Å². The minimum Gasteiger partial charge on any atom is -0.207 e. The van der Waals surface area contributed by atoms with Gasteiger partial charge in [-0.05, 0) is 31.9 Å². The van der Waals surface area contributed by atoms with Crippen molar-refractivity contribution in [2.75, 3.05) is 12.3 Å². The first kappa shape index (κ1) is 12.5. The summed E-state index contributed by atoms with van der Waals surface area (Å²) in [5.74, 6) is 0.953. The maximum atomic E-state index is 12.7. The van der Waals surface area contributed by atoms with E-state index in [0.717, 1.165) is 23.3 Å². The Morgan fingerprint density at radius 1 is 1.33 bits per heavy atom. The average Bonchev–Trinajstić information content (AvgIpc) is 2.90. The number of hydrogen-bond acceptors (Lipinski definition) is 3. The monoisotopic (exact) mass is 283 g/mol. The fraction of sp³-hybridized carbons (Fsp3) is 0.538. The molecule has 0 amide bonds. The van der Waals surface area contributed by atoms with Crippen molar-refractivity contribution in [2.24, 2.45) is 0 Å². The summed E-state index contributed by atoms with van der Waals surface area (Å²) in [5, 5.41) is 0.510. The van der Waals surface area contributed by atoms with Gasteiger partial charge < -0.3 is 0 Å². The Hall–Kier alpha value is -0.520. The van der Waals surface area contributed by atoms with E-state index in [1.165, 1.54) is 0 Å². The van der Waals surface area contributed by atoms with Crippen LogP contribution in [0.2, 0.25) is 0 Å². The van der Waals surface area contributed by atoms with Crippen molar-refractivity contribution >= 4 is 21.8 Å². The van der Waals surface area contributed by atoms with Crippen LogP contribution in [0.4, 0.5) is 0 Å². The number of hydrogen-bond donors (Lipinski definition) is 0. The zero-order valence-electron chi connectivity index (χ0n) is 10.6. The smallest absolute Gasteiger partial charge is 0.207 e. The summed E-state index contributed by atoms with van der Waals surface area (Å²) >= 11 is 1.91. The first-order chi connectivity index (χ1) is 8.48. The molecule has 0 radical (unpaired) electrons. The largest absolute Gasteiger partial charge is 0.243 e. The van der Waals surface area contributed by atoms with E-state index in [2.05, 4.69) is 0 Å². The van der Waals surface area contributed by atoms with Crippen LogP contribution in [0.25, 0.3) is 0 Å². The lowest BCUT2D eigenvalue weighted by Crippen LogP contribution is -2.39. The van der Waals surface area contributed by atoms with Crippen molar-refractivity contribution in [3.8, 4) is 0 Å². The summed E-state index contributed by atoms with van der Waals surface area (Å²) in [6.07, 6.45) is 1.02. The van der Waals surface area contributed by atoms with Gasteiger partial charge in [0.05, 0.1) is 4.90 Å². The maximum Gasteiger partial charge on any atom is 0.243 e. The zero-order chi connectivity index (χ0) is 12.9. The number of aryl methyl sites for hydroxylation is 2. The predicted octanol–water partition coefficient (Wildman–Crippen LogP) is 2.18. The molecule has 0 spiro atoms. The number of fused-ring (bicyclic) bond motifs is 2. The second-order valence-corrected chi connectivity index (χ2v) is 8.38. The predicted molar refractivity (Wildman–Crippen MR) is 74.5 cm³/mol. The summed E-state index contributed by atoms with van der Waals surface area (Å²) in [5.41, 5.74) is 1.95. The highest BCUT2D eigenvalue weighted by Crippen LogP contribution is 2.40. The van der Waals surface area contributed by atoms with Gasteiger partial charge in [-0.2, -0.15) is 16.1 Å². The van der Waals surface area contributed by atoms with Gasteiger partial charge in [-0.1, -0.05) is 17.7 Å². The van der Waals surface area contributed by atoms with Gasteiger partial charge in [0.25, 0.3) is 0 Å². The SMILES string of the molecule is Cc1ccc(S(=O)(=O)N2C[C@H]3C[C@H]2CS3)c(C)c1. The van der Waals surface area contributed by atoms with E-state index in [9.17, 15) is 8.42 Å². The summed E-state index contributed by atoms with van der Waals surface area (Å²) in [6, 6.07) is 5.78. The highest BCUT2D eigenvalue weighted by molar-refractivity contribution is 8.00. The number of thioether (sulfide) groups is 1. The second-order valence-electron chi connectivity index (χ2n) is 5.19. The Morgan fingerprint density at radius 3 is 2.67 bits per heavy atom. The van der Waals surface area contributed by atoms with Gasteiger partial charge >= 0.3 is 0 Å². The first-order valence-corrected chi connectivity index (χ1v) is 8.68. The van der Waals surface area contributed by atoms with Gasteiger partial charge in [-0.25, -0.2) is 8.42 Å². The van der Waals surface area contributed by atoms with Crippen LogP contribution in [0.5, 0.6) is 0 Å². The van der Waals surface area contributed by atoms with Crippen molar-refractivity contribution in [3.05, 3.63) is 29.3 Å². The van der Waals surface area contributed by atoms with Crippen LogP contribution in [-0.4, -0.2) is 36.3 Å². The molecule has 2 aliphatic heterocycles. The van der Waals surface area contributed by atoms with Crippen LogP contribution in [0.3, 0.4) is 0 Å². The van der Waals surface area contributed by atoms with Crippen LogP contribution in [0.1, 0.15) is 17.5 Å². The van der Waals surface area contributed by atoms with Gasteiger partial charge in [-0.3, -0.25) is 0 Å². The third-order valence-electron chi connectivity index (χ3n) is 3.77. The Labute approximate surface area is 113 Å². The molecule has 0 N–H and O–H groups in total. The minimum atomic E-state index is -3.30. The molecule has 1 aromatic carbocycles. The molecule has 0 unspecified atom stereocenters. The molecular weight excluding hydrogens is 266 g/mol. The molecule has 98 valence electrons. The number of sulfonamides is 1. The fourth-order valence-corrected chi connectivity index (χ4v) is 6.38. The summed E-state index contributed by atoms with van der Waals surface area (Å²) in [7, 11) is -3.30. The van der Waals surface area contributed by atoms with Crippen molar-refractivity contribution in [3.63, 3.8) is 0 Å². The van der Waals surface area contributed by atoms with Gasteiger partial charge in [0.2, 0.25) is 10.0 Å². The summed E-state index contributed by atoms with van der Waals surface area (Å²) in [6.45, 7) is 4.55. The summed E-state index contributed by atoms with van der Waals surface area (Å²) in [4.78, 5) is 0.477. The van der Waals surface area contributed by atoms with Gasteiger partial charge in [0.15, 0.2) is 0 Å². The number of rotatable bonds is 2. The topological polar surface area (TPSA) is 37.4 Å². The molecule has 3 nitrogen and oxygen atoms in total. The van der Waals surface area contributed by atoms with Crippen molar-refractivity contribution < 1.29 is 8.42 Å². The molecule has 3 rings (SSSR count). The van der Waals surface area contributed by atoms with E-state index < -0.39 is 10.0 Å². The Morgan fingerprint density at radius 2 is 2.11 bits per heavy atom. The van der Waals surface area contributed by atoms with E-state index >= 15 is 0 Å². The molecule has 0 aliphatic carbocycles. The first-order valence-electron chi connectivity index (χ1n) is 6.19. The molecule has 2 saturated heterocycles. The van der Waals surface area contributed by atoms with Gasteiger partial charge in [0, 0.05) is 23.6 Å². The lowest BCUT2D eigenvalue weighted by Gasteiger charge is -2.26. The highest BCUT2D eigenvalue weighted by Gasteiger charge is 2.45. The number of nitrogens with zero attached hydrogens (tertiary/aromatic N) is 1. The molecule has 0 aromatic heterocycles. The van der Waals surface area contributed by atoms with E-state index in [0.29, 0.717) is 16.7 Å². The van der Waals surface area contributed by atoms with E-state index in [4.69, 9.17) is 0 Å². The Balaban J connectivity index is 2.00. The van der Waals surface area contributed by atoms with E-state index in [1.54, 1.807) is 10.4 Å². The summed E-state index contributed by atoms with van der Waals surface area (Å²) < 4.78 is 27.1. The van der Waals surface area contributed by atoms with Crippen LogP contribution in [-0.2, 0) is 10.0 Å². The molecule has 1 aromatic rings. The van der Waals surface area contributed by atoms with Crippen LogP contribution in [0.15, 0.2) is 23.1 Å². The maximum absolute atomic E-state index is 12.7. The third kappa shape index (κ3) is 1.89. The fourth-order valence-electron chi connectivity index (χ4n) is 2.87. The van der Waals surface area contributed by atoms with Gasteiger partial charge in [-0.15, -0.1) is 0 Å². The van der Waals surface area contributed by atoms with Crippen LogP contribution in [0, 0.1) is 13.8 Å². The second kappa shape index (κ2) is 4.25. The van der Waals surface area contributed by atoms with Gasteiger partial charge in [0.1, 0.15) is 0 Å². The lowest BCUT2D eigenvalue weighted by molar-refractivity contribution is 0.409. The van der Waals surface area contributed by atoms with Crippen molar-refractivity contribution in [1.29, 1.82) is 0 Å². The molecule has 2 heterocycles. The highest BCUT2D eigenvalue weighted by atomic mass is 32.2. The molecule has 18 heavy (non-hydrogen) atoms. The number of benzene rings is 1. The minimum absolute atomic E-state index is 0.214.